The molecule has 0 aromatic heterocycles. The Morgan fingerprint density at radius 1 is 1.44 bits per heavy atom. The van der Waals surface area contributed by atoms with Gasteiger partial charge in [-0.2, -0.15) is 0 Å². The zero-order valence-electron chi connectivity index (χ0n) is 9.68. The van der Waals surface area contributed by atoms with E-state index in [1.165, 1.54) is 0 Å². The average molecular weight is 222 g/mol. The molecule has 88 valence electrons. The van der Waals surface area contributed by atoms with Crippen LogP contribution in [0.4, 0.5) is 4.79 Å². The second-order valence-electron chi connectivity index (χ2n) is 3.61. The third-order valence-corrected chi connectivity index (χ3v) is 2.50. The van der Waals surface area contributed by atoms with Crippen molar-refractivity contribution in [2.75, 3.05) is 20.2 Å². The lowest BCUT2D eigenvalue weighted by molar-refractivity contribution is 0.193. The molecule has 1 aromatic carbocycles. The number of hydrogen-bond donors (Lipinski definition) is 2. The monoisotopic (exact) mass is 222 g/mol. The minimum absolute atomic E-state index is 0.104. The van der Waals surface area contributed by atoms with E-state index in [4.69, 9.17) is 0 Å². The summed E-state index contributed by atoms with van der Waals surface area (Å²) in [5.41, 5.74) is 0.905. The lowest BCUT2D eigenvalue weighted by Crippen LogP contribution is -2.40. The van der Waals surface area contributed by atoms with Crippen molar-refractivity contribution in [3.8, 4) is 0 Å². The summed E-state index contributed by atoms with van der Waals surface area (Å²) in [6.07, 6.45) is 0. The Balaban J connectivity index is 2.66. The minimum atomic E-state index is -0.345. The Kier molecular flexibility index (Phi) is 4.79. The van der Waals surface area contributed by atoms with Crippen molar-refractivity contribution >= 4 is 6.03 Å². The molecule has 0 heterocycles. The van der Waals surface area contributed by atoms with Crippen molar-refractivity contribution in [2.45, 2.75) is 13.0 Å². The van der Waals surface area contributed by atoms with Crippen LogP contribution in [0.5, 0.6) is 0 Å². The number of aliphatic hydroxyl groups excluding tert-OH is 1. The molecule has 16 heavy (non-hydrogen) atoms. The number of amides is 2. The normalized spacial score (nSPS) is 11.9. The predicted octanol–water partition coefficient (Wildman–Crippen LogP) is 1.38. The van der Waals surface area contributed by atoms with Gasteiger partial charge in [-0.15, -0.1) is 0 Å². The van der Waals surface area contributed by atoms with E-state index < -0.39 is 0 Å². The smallest absolute Gasteiger partial charge is 0.317 e. The molecule has 0 saturated carbocycles. The van der Waals surface area contributed by atoms with E-state index in [0.717, 1.165) is 5.56 Å². The van der Waals surface area contributed by atoms with Gasteiger partial charge in [0.2, 0.25) is 0 Å². The lowest BCUT2D eigenvalue weighted by Gasteiger charge is -2.21. The van der Waals surface area contributed by atoms with Crippen molar-refractivity contribution in [1.29, 1.82) is 0 Å². The van der Waals surface area contributed by atoms with Crippen LogP contribution in [0.3, 0.4) is 0 Å². The molecule has 2 N–H and O–H groups in total. The zero-order valence-corrected chi connectivity index (χ0v) is 9.68. The molecular formula is C12H18N2O2. The quantitative estimate of drug-likeness (QED) is 0.808. The van der Waals surface area contributed by atoms with Gasteiger partial charge in [0.25, 0.3) is 0 Å². The first-order valence-corrected chi connectivity index (χ1v) is 5.36. The van der Waals surface area contributed by atoms with Gasteiger partial charge in [-0.05, 0) is 12.5 Å². The third-order valence-electron chi connectivity index (χ3n) is 2.50. The summed E-state index contributed by atoms with van der Waals surface area (Å²) in [4.78, 5) is 13.2. The fraction of sp³-hybridized carbons (Fsp3) is 0.417. The Morgan fingerprint density at radius 3 is 2.56 bits per heavy atom. The van der Waals surface area contributed by atoms with E-state index in [2.05, 4.69) is 5.32 Å². The zero-order chi connectivity index (χ0) is 12.0. The SMILES string of the molecule is CCN(C)C(=O)N[C@H](CO)c1ccccc1. The molecule has 1 aromatic rings. The van der Waals surface area contributed by atoms with Crippen LogP contribution in [-0.2, 0) is 0 Å². The highest BCUT2D eigenvalue weighted by atomic mass is 16.3. The minimum Gasteiger partial charge on any atom is -0.394 e. The standard InChI is InChI=1S/C12H18N2O2/c1-3-14(2)12(16)13-11(9-15)10-7-5-4-6-8-10/h4-8,11,15H,3,9H2,1-2H3,(H,13,16)/t11-/m1/s1. The topological polar surface area (TPSA) is 52.6 Å². The largest absolute Gasteiger partial charge is 0.394 e. The molecule has 0 saturated heterocycles. The summed E-state index contributed by atoms with van der Waals surface area (Å²) in [6.45, 7) is 2.43. The molecule has 1 atom stereocenters. The number of carbonyl (C=O) groups excluding carboxylic acids is 1. The van der Waals surface area contributed by atoms with Gasteiger partial charge < -0.3 is 15.3 Å². The summed E-state index contributed by atoms with van der Waals surface area (Å²) in [7, 11) is 1.72. The van der Waals surface area contributed by atoms with Crippen molar-refractivity contribution in [3.05, 3.63) is 35.9 Å². The maximum absolute atomic E-state index is 11.6. The molecule has 0 fully saturated rings. The van der Waals surface area contributed by atoms with Crippen LogP contribution in [0.25, 0.3) is 0 Å². The fourth-order valence-corrected chi connectivity index (χ4v) is 1.32. The molecule has 2 amide bonds. The molecule has 0 aliphatic heterocycles. The van der Waals surface area contributed by atoms with Crippen LogP contribution >= 0.6 is 0 Å². The number of nitrogens with one attached hydrogen (secondary N) is 1. The molecule has 4 heteroatoms. The summed E-state index contributed by atoms with van der Waals surface area (Å²) >= 11 is 0. The van der Waals surface area contributed by atoms with Gasteiger partial charge in [0.1, 0.15) is 0 Å². The molecule has 0 aliphatic rings. The summed E-state index contributed by atoms with van der Waals surface area (Å²) in [5, 5.41) is 12.0. The van der Waals surface area contributed by atoms with Crippen molar-refractivity contribution in [1.82, 2.24) is 10.2 Å². The summed E-state index contributed by atoms with van der Waals surface area (Å²) in [6, 6.07) is 8.91. The molecule has 1 rings (SSSR count). The highest BCUT2D eigenvalue weighted by Crippen LogP contribution is 2.11. The number of rotatable bonds is 4. The number of carbonyl (C=O) groups is 1. The van der Waals surface area contributed by atoms with Crippen LogP contribution in [0.15, 0.2) is 30.3 Å². The molecule has 0 spiro atoms. The van der Waals surface area contributed by atoms with E-state index in [-0.39, 0.29) is 18.7 Å². The number of urea groups is 1. The van der Waals surface area contributed by atoms with E-state index in [9.17, 15) is 9.90 Å². The van der Waals surface area contributed by atoms with Crippen LogP contribution < -0.4 is 5.32 Å². The highest BCUT2D eigenvalue weighted by Gasteiger charge is 2.14. The molecular weight excluding hydrogens is 204 g/mol. The van der Waals surface area contributed by atoms with Crippen LogP contribution in [-0.4, -0.2) is 36.2 Å². The van der Waals surface area contributed by atoms with Crippen LogP contribution in [0.2, 0.25) is 0 Å². The Hall–Kier alpha value is -1.55. The fourth-order valence-electron chi connectivity index (χ4n) is 1.32. The average Bonchev–Trinajstić information content (AvgIpc) is 2.35. The lowest BCUT2D eigenvalue weighted by atomic mass is 10.1. The summed E-state index contributed by atoms with van der Waals surface area (Å²) < 4.78 is 0. The number of hydrogen-bond acceptors (Lipinski definition) is 2. The molecule has 4 nitrogen and oxygen atoms in total. The first-order chi connectivity index (χ1) is 7.69. The van der Waals surface area contributed by atoms with Gasteiger partial charge in [-0.3, -0.25) is 0 Å². The second kappa shape index (κ2) is 6.12. The third kappa shape index (κ3) is 3.24. The van der Waals surface area contributed by atoms with E-state index in [1.54, 1.807) is 11.9 Å². The Bertz CT molecular complexity index is 327. The second-order valence-corrected chi connectivity index (χ2v) is 3.61. The Morgan fingerprint density at radius 2 is 2.06 bits per heavy atom. The van der Waals surface area contributed by atoms with Crippen LogP contribution in [0.1, 0.15) is 18.5 Å². The maximum atomic E-state index is 11.6. The van der Waals surface area contributed by atoms with E-state index in [1.807, 2.05) is 37.3 Å². The molecule has 0 unspecified atom stereocenters. The van der Waals surface area contributed by atoms with Gasteiger partial charge in [-0.25, -0.2) is 4.79 Å². The van der Waals surface area contributed by atoms with Gasteiger partial charge in [0.15, 0.2) is 0 Å². The number of aliphatic hydroxyl groups is 1. The predicted molar refractivity (Wildman–Crippen MR) is 63.1 cm³/mol. The van der Waals surface area contributed by atoms with E-state index in [0.29, 0.717) is 6.54 Å². The first kappa shape index (κ1) is 12.5. The van der Waals surface area contributed by atoms with Crippen LogP contribution in [0, 0.1) is 0 Å². The van der Waals surface area contributed by atoms with Gasteiger partial charge >= 0.3 is 6.03 Å². The van der Waals surface area contributed by atoms with Gasteiger partial charge in [-0.1, -0.05) is 30.3 Å². The van der Waals surface area contributed by atoms with Gasteiger partial charge in [0.05, 0.1) is 12.6 Å². The Labute approximate surface area is 95.9 Å². The highest BCUT2D eigenvalue weighted by molar-refractivity contribution is 5.74. The number of benzene rings is 1. The van der Waals surface area contributed by atoms with Crippen molar-refractivity contribution in [3.63, 3.8) is 0 Å². The van der Waals surface area contributed by atoms with Crippen molar-refractivity contribution in [2.24, 2.45) is 0 Å². The molecule has 0 aliphatic carbocycles. The number of nitrogens with zero attached hydrogens (tertiary/aromatic N) is 1. The maximum Gasteiger partial charge on any atom is 0.317 e. The summed E-state index contributed by atoms with van der Waals surface area (Å²) in [5.74, 6) is 0. The first-order valence-electron chi connectivity index (χ1n) is 5.36. The van der Waals surface area contributed by atoms with Gasteiger partial charge in [0, 0.05) is 13.6 Å². The van der Waals surface area contributed by atoms with E-state index >= 15 is 0 Å². The molecule has 0 bridgehead atoms. The molecule has 0 radical (unpaired) electrons. The van der Waals surface area contributed by atoms with Crippen molar-refractivity contribution < 1.29 is 9.90 Å².